The molecule has 1 amide bonds. The van der Waals surface area contributed by atoms with Gasteiger partial charge in [0.15, 0.2) is 0 Å². The van der Waals surface area contributed by atoms with Gasteiger partial charge in [-0.25, -0.2) is 4.79 Å². The summed E-state index contributed by atoms with van der Waals surface area (Å²) in [4.78, 5) is 22.7. The van der Waals surface area contributed by atoms with Crippen molar-refractivity contribution in [3.63, 3.8) is 0 Å². The lowest BCUT2D eigenvalue weighted by Crippen LogP contribution is -2.26. The molecule has 0 atom stereocenters. The van der Waals surface area contributed by atoms with Crippen LogP contribution in [0.4, 0.5) is 5.69 Å². The Labute approximate surface area is 97.4 Å². The SMILES string of the molecule is O=C(O)c1ccc2c(c1)NC(=O)C1(CC1)CO2. The second-order valence-corrected chi connectivity index (χ2v) is 4.54. The van der Waals surface area contributed by atoms with E-state index in [4.69, 9.17) is 9.84 Å². The van der Waals surface area contributed by atoms with E-state index in [1.165, 1.54) is 12.1 Å². The lowest BCUT2D eigenvalue weighted by Gasteiger charge is -2.08. The Balaban J connectivity index is 1.99. The van der Waals surface area contributed by atoms with Crippen LogP contribution in [0.5, 0.6) is 5.75 Å². The number of carboxylic acids is 1. The van der Waals surface area contributed by atoms with Crippen molar-refractivity contribution in [2.75, 3.05) is 11.9 Å². The Kier molecular flexibility index (Phi) is 1.92. The lowest BCUT2D eigenvalue weighted by atomic mass is 10.1. The number of aromatic carboxylic acids is 1. The number of nitrogens with one attached hydrogen (secondary N) is 1. The fourth-order valence-electron chi connectivity index (χ4n) is 1.95. The zero-order valence-electron chi connectivity index (χ0n) is 9.03. The number of benzene rings is 1. The van der Waals surface area contributed by atoms with E-state index in [0.29, 0.717) is 18.0 Å². The summed E-state index contributed by atoms with van der Waals surface area (Å²) >= 11 is 0. The van der Waals surface area contributed by atoms with Gasteiger partial charge in [0.25, 0.3) is 0 Å². The number of carbonyl (C=O) groups excluding carboxylic acids is 1. The number of fused-ring (bicyclic) bond motifs is 1. The molecule has 0 unspecified atom stereocenters. The van der Waals surface area contributed by atoms with E-state index in [0.717, 1.165) is 12.8 Å². The molecular formula is C12H11NO4. The van der Waals surface area contributed by atoms with Crippen LogP contribution in [-0.4, -0.2) is 23.6 Å². The third-order valence-corrected chi connectivity index (χ3v) is 3.31. The number of hydrogen-bond acceptors (Lipinski definition) is 3. The van der Waals surface area contributed by atoms with Crippen molar-refractivity contribution in [1.82, 2.24) is 0 Å². The van der Waals surface area contributed by atoms with Gasteiger partial charge in [0.05, 0.1) is 16.7 Å². The second kappa shape index (κ2) is 3.23. The summed E-state index contributed by atoms with van der Waals surface area (Å²) in [6.45, 7) is 0.373. The number of carbonyl (C=O) groups is 2. The van der Waals surface area contributed by atoms with Crippen LogP contribution in [0.15, 0.2) is 18.2 Å². The van der Waals surface area contributed by atoms with E-state index < -0.39 is 5.97 Å². The highest BCUT2D eigenvalue weighted by molar-refractivity contribution is 6.00. The summed E-state index contributed by atoms with van der Waals surface area (Å²) in [5, 5.41) is 11.6. The molecule has 5 nitrogen and oxygen atoms in total. The molecule has 1 aromatic carbocycles. The predicted molar refractivity (Wildman–Crippen MR) is 59.2 cm³/mol. The molecule has 0 saturated heterocycles. The van der Waals surface area contributed by atoms with Gasteiger partial charge in [-0.05, 0) is 31.0 Å². The fourth-order valence-corrected chi connectivity index (χ4v) is 1.95. The van der Waals surface area contributed by atoms with Crippen LogP contribution in [0.25, 0.3) is 0 Å². The van der Waals surface area contributed by atoms with Crippen molar-refractivity contribution in [3.8, 4) is 5.75 Å². The highest BCUT2D eigenvalue weighted by Gasteiger charge is 2.52. The first kappa shape index (κ1) is 10.1. The van der Waals surface area contributed by atoms with E-state index in [9.17, 15) is 9.59 Å². The molecule has 1 spiro atoms. The minimum atomic E-state index is -1.02. The molecule has 0 aromatic heterocycles. The minimum absolute atomic E-state index is 0.0706. The van der Waals surface area contributed by atoms with Gasteiger partial charge in [0.2, 0.25) is 5.91 Å². The highest BCUT2D eigenvalue weighted by Crippen LogP contribution is 2.49. The highest BCUT2D eigenvalue weighted by atomic mass is 16.5. The van der Waals surface area contributed by atoms with Crippen LogP contribution in [0.1, 0.15) is 23.2 Å². The topological polar surface area (TPSA) is 75.6 Å². The Morgan fingerprint density at radius 3 is 2.82 bits per heavy atom. The molecular weight excluding hydrogens is 222 g/mol. The molecule has 2 N–H and O–H groups in total. The Morgan fingerprint density at radius 2 is 2.18 bits per heavy atom. The monoisotopic (exact) mass is 233 g/mol. The molecule has 0 radical (unpaired) electrons. The fraction of sp³-hybridized carbons (Fsp3) is 0.333. The number of rotatable bonds is 1. The third-order valence-electron chi connectivity index (χ3n) is 3.31. The molecule has 1 fully saturated rings. The first-order valence-electron chi connectivity index (χ1n) is 5.42. The number of carboxylic acid groups (broad SMARTS) is 1. The number of anilines is 1. The van der Waals surface area contributed by atoms with Crippen LogP contribution in [0.3, 0.4) is 0 Å². The molecule has 1 heterocycles. The smallest absolute Gasteiger partial charge is 0.335 e. The molecule has 5 heteroatoms. The van der Waals surface area contributed by atoms with Crippen molar-refractivity contribution < 1.29 is 19.4 Å². The van der Waals surface area contributed by atoms with E-state index in [2.05, 4.69) is 5.32 Å². The van der Waals surface area contributed by atoms with Gasteiger partial charge < -0.3 is 15.2 Å². The molecule has 1 aliphatic carbocycles. The molecule has 1 aromatic rings. The van der Waals surface area contributed by atoms with Crippen molar-refractivity contribution >= 4 is 17.6 Å². The molecule has 2 aliphatic rings. The normalized spacial score (nSPS) is 19.9. The largest absolute Gasteiger partial charge is 0.490 e. The Bertz CT molecular complexity index is 519. The predicted octanol–water partition coefficient (Wildman–Crippen LogP) is 1.50. The maximum atomic E-state index is 11.9. The maximum absolute atomic E-state index is 11.9. The van der Waals surface area contributed by atoms with Crippen LogP contribution in [-0.2, 0) is 4.79 Å². The molecule has 17 heavy (non-hydrogen) atoms. The Morgan fingerprint density at radius 1 is 1.41 bits per heavy atom. The van der Waals surface area contributed by atoms with Crippen molar-refractivity contribution in [3.05, 3.63) is 23.8 Å². The molecule has 1 saturated carbocycles. The number of ether oxygens (including phenoxy) is 1. The van der Waals surface area contributed by atoms with Crippen molar-refractivity contribution in [2.24, 2.45) is 5.41 Å². The van der Waals surface area contributed by atoms with Crippen LogP contribution < -0.4 is 10.1 Å². The Hall–Kier alpha value is -2.04. The van der Waals surface area contributed by atoms with Gasteiger partial charge in [-0.15, -0.1) is 0 Å². The van der Waals surface area contributed by atoms with Gasteiger partial charge in [-0.2, -0.15) is 0 Å². The second-order valence-electron chi connectivity index (χ2n) is 4.54. The van der Waals surface area contributed by atoms with Crippen LogP contribution in [0.2, 0.25) is 0 Å². The zero-order valence-corrected chi connectivity index (χ0v) is 9.03. The van der Waals surface area contributed by atoms with Gasteiger partial charge in [0.1, 0.15) is 12.4 Å². The summed E-state index contributed by atoms with van der Waals surface area (Å²) in [6, 6.07) is 4.48. The molecule has 88 valence electrons. The zero-order chi connectivity index (χ0) is 12.0. The van der Waals surface area contributed by atoms with Gasteiger partial charge >= 0.3 is 5.97 Å². The van der Waals surface area contributed by atoms with E-state index >= 15 is 0 Å². The molecule has 1 aliphatic heterocycles. The van der Waals surface area contributed by atoms with E-state index in [1.807, 2.05) is 0 Å². The van der Waals surface area contributed by atoms with Crippen LogP contribution >= 0.6 is 0 Å². The standard InChI is InChI=1S/C12H11NO4/c14-10(15)7-1-2-9-8(5-7)13-11(16)12(3-4-12)6-17-9/h1-2,5H,3-4,6H2,(H,13,16)(H,14,15). The summed E-state index contributed by atoms with van der Waals surface area (Å²) in [6.07, 6.45) is 1.66. The number of hydrogen-bond donors (Lipinski definition) is 2. The van der Waals surface area contributed by atoms with Gasteiger partial charge in [-0.3, -0.25) is 4.79 Å². The summed E-state index contributed by atoms with van der Waals surface area (Å²) < 4.78 is 5.56. The van der Waals surface area contributed by atoms with Crippen LogP contribution in [0, 0.1) is 5.41 Å². The van der Waals surface area contributed by atoms with Gasteiger partial charge in [-0.1, -0.05) is 0 Å². The summed E-state index contributed by atoms with van der Waals surface area (Å²) in [5.74, 6) is -0.557. The number of amides is 1. The lowest BCUT2D eigenvalue weighted by molar-refractivity contribution is -0.121. The first-order chi connectivity index (χ1) is 8.11. The van der Waals surface area contributed by atoms with E-state index in [-0.39, 0.29) is 16.9 Å². The average molecular weight is 233 g/mol. The van der Waals surface area contributed by atoms with E-state index in [1.54, 1.807) is 6.07 Å². The van der Waals surface area contributed by atoms with Crippen molar-refractivity contribution in [1.29, 1.82) is 0 Å². The van der Waals surface area contributed by atoms with Crippen molar-refractivity contribution in [2.45, 2.75) is 12.8 Å². The van der Waals surface area contributed by atoms with Gasteiger partial charge in [0, 0.05) is 0 Å². The summed E-state index contributed by atoms with van der Waals surface area (Å²) in [5.41, 5.74) is 0.195. The minimum Gasteiger partial charge on any atom is -0.490 e. The molecule has 0 bridgehead atoms. The quantitative estimate of drug-likeness (QED) is 0.770. The third kappa shape index (κ3) is 1.54. The molecule has 3 rings (SSSR count). The summed E-state index contributed by atoms with van der Waals surface area (Å²) in [7, 11) is 0. The first-order valence-corrected chi connectivity index (χ1v) is 5.42. The maximum Gasteiger partial charge on any atom is 0.335 e. The average Bonchev–Trinajstić information content (AvgIpc) is 3.09.